The highest BCUT2D eigenvalue weighted by molar-refractivity contribution is 6.15. The molecule has 17 heavy (non-hydrogen) atoms. The van der Waals surface area contributed by atoms with Crippen LogP contribution in [0.4, 0.5) is 0 Å². The van der Waals surface area contributed by atoms with Gasteiger partial charge < -0.3 is 9.40 Å². The fourth-order valence-corrected chi connectivity index (χ4v) is 1.88. The van der Waals surface area contributed by atoms with Gasteiger partial charge in [-0.05, 0) is 24.6 Å². The Labute approximate surface area is 97.3 Å². The van der Waals surface area contributed by atoms with Crippen LogP contribution in [-0.2, 0) is 0 Å². The second-order valence-corrected chi connectivity index (χ2v) is 3.89. The minimum absolute atomic E-state index is 0.119. The lowest BCUT2D eigenvalue weighted by Crippen LogP contribution is -2.00. The van der Waals surface area contributed by atoms with E-state index in [1.807, 2.05) is 13.0 Å². The number of H-pyrrole nitrogens is 1. The van der Waals surface area contributed by atoms with Crippen LogP contribution in [0.5, 0.6) is 0 Å². The molecule has 0 aromatic carbocycles. The topological polar surface area (TPSA) is 58.9 Å². The highest BCUT2D eigenvalue weighted by Crippen LogP contribution is 2.21. The van der Waals surface area contributed by atoms with E-state index in [9.17, 15) is 4.79 Å². The number of rotatable bonds is 2. The first-order chi connectivity index (χ1) is 8.27. The number of aromatic amines is 1. The molecule has 1 N–H and O–H groups in total. The van der Waals surface area contributed by atoms with E-state index in [4.69, 9.17) is 4.42 Å². The van der Waals surface area contributed by atoms with Crippen LogP contribution in [-0.4, -0.2) is 15.8 Å². The predicted molar refractivity (Wildman–Crippen MR) is 63.0 cm³/mol. The Morgan fingerprint density at radius 1 is 1.41 bits per heavy atom. The number of aryl methyl sites for hydroxylation is 1. The zero-order valence-corrected chi connectivity index (χ0v) is 9.23. The highest BCUT2D eigenvalue weighted by Gasteiger charge is 2.18. The summed E-state index contributed by atoms with van der Waals surface area (Å²) in [5.41, 5.74) is 2.33. The Bertz CT molecular complexity index is 694. The van der Waals surface area contributed by atoms with E-state index in [0.29, 0.717) is 11.3 Å². The van der Waals surface area contributed by atoms with Gasteiger partial charge >= 0.3 is 0 Å². The van der Waals surface area contributed by atoms with Crippen molar-refractivity contribution in [1.29, 1.82) is 0 Å². The predicted octanol–water partition coefficient (Wildman–Crippen LogP) is 2.70. The molecule has 0 aliphatic carbocycles. The molecule has 4 heteroatoms. The van der Waals surface area contributed by atoms with Gasteiger partial charge in [0, 0.05) is 29.5 Å². The normalized spacial score (nSPS) is 10.9. The number of carbonyl (C=O) groups excluding carboxylic acids is 1. The van der Waals surface area contributed by atoms with Crippen molar-refractivity contribution in [2.75, 3.05) is 0 Å². The van der Waals surface area contributed by atoms with E-state index in [0.717, 1.165) is 16.5 Å². The number of hydrogen-bond donors (Lipinski definition) is 1. The smallest absolute Gasteiger partial charge is 0.230 e. The van der Waals surface area contributed by atoms with Crippen molar-refractivity contribution >= 4 is 16.7 Å². The Morgan fingerprint density at radius 3 is 3.06 bits per heavy atom. The summed E-state index contributed by atoms with van der Waals surface area (Å²) in [4.78, 5) is 19.3. The molecular formula is C13H10N2O2. The largest absolute Gasteiger partial charge is 0.461 e. The molecule has 0 aliphatic heterocycles. The molecule has 3 aromatic heterocycles. The van der Waals surface area contributed by atoms with Gasteiger partial charge in [-0.15, -0.1) is 0 Å². The van der Waals surface area contributed by atoms with Crippen molar-refractivity contribution in [2.24, 2.45) is 0 Å². The third kappa shape index (κ3) is 1.45. The van der Waals surface area contributed by atoms with Gasteiger partial charge in [0.05, 0.1) is 11.8 Å². The maximum Gasteiger partial charge on any atom is 0.230 e. The summed E-state index contributed by atoms with van der Waals surface area (Å²) >= 11 is 0. The molecule has 0 aliphatic rings. The molecule has 0 atom stereocenters. The second kappa shape index (κ2) is 3.59. The van der Waals surface area contributed by atoms with Gasteiger partial charge in [-0.3, -0.25) is 9.78 Å². The average Bonchev–Trinajstić information content (AvgIpc) is 2.94. The van der Waals surface area contributed by atoms with Crippen molar-refractivity contribution in [2.45, 2.75) is 6.92 Å². The number of furan rings is 1. The van der Waals surface area contributed by atoms with Crippen LogP contribution in [0.15, 0.2) is 41.4 Å². The number of fused-ring (bicyclic) bond motifs is 1. The van der Waals surface area contributed by atoms with E-state index in [1.165, 1.54) is 6.26 Å². The van der Waals surface area contributed by atoms with Crippen LogP contribution < -0.4 is 0 Å². The Balaban J connectivity index is 2.17. The summed E-state index contributed by atoms with van der Waals surface area (Å²) < 4.78 is 5.21. The van der Waals surface area contributed by atoms with Crippen LogP contribution in [0, 0.1) is 6.92 Å². The zero-order chi connectivity index (χ0) is 11.8. The summed E-state index contributed by atoms with van der Waals surface area (Å²) in [5, 5.41) is 0.813. The van der Waals surface area contributed by atoms with Crippen molar-refractivity contribution in [1.82, 2.24) is 9.97 Å². The number of nitrogens with one attached hydrogen (secondary N) is 1. The van der Waals surface area contributed by atoms with Gasteiger partial charge in [0.1, 0.15) is 0 Å². The molecule has 0 bridgehead atoms. The fraction of sp³-hybridized carbons (Fsp3) is 0.0769. The van der Waals surface area contributed by atoms with Crippen LogP contribution in [0.3, 0.4) is 0 Å². The third-order valence-corrected chi connectivity index (χ3v) is 2.80. The molecule has 0 fully saturated rings. The van der Waals surface area contributed by atoms with E-state index >= 15 is 0 Å². The van der Waals surface area contributed by atoms with Gasteiger partial charge in [-0.2, -0.15) is 0 Å². The molecule has 3 rings (SSSR count). The second-order valence-electron chi connectivity index (χ2n) is 3.89. The zero-order valence-electron chi connectivity index (χ0n) is 9.23. The fourth-order valence-electron chi connectivity index (χ4n) is 1.88. The molecule has 0 radical (unpaired) electrons. The summed E-state index contributed by atoms with van der Waals surface area (Å²) in [6, 6.07) is 3.61. The molecule has 3 aromatic rings. The summed E-state index contributed by atoms with van der Waals surface area (Å²) in [6.45, 7) is 1.85. The maximum absolute atomic E-state index is 12.3. The van der Waals surface area contributed by atoms with Crippen LogP contribution in [0.1, 0.15) is 21.7 Å². The Kier molecular flexibility index (Phi) is 2.08. The summed E-state index contributed by atoms with van der Waals surface area (Å²) in [7, 11) is 0. The van der Waals surface area contributed by atoms with Crippen LogP contribution >= 0.6 is 0 Å². The van der Waals surface area contributed by atoms with Crippen molar-refractivity contribution < 1.29 is 9.21 Å². The quantitative estimate of drug-likeness (QED) is 0.683. The molecule has 84 valence electrons. The molecule has 0 amide bonds. The lowest BCUT2D eigenvalue weighted by atomic mass is 10.1. The number of aromatic nitrogens is 2. The lowest BCUT2D eigenvalue weighted by molar-refractivity contribution is 0.101. The highest BCUT2D eigenvalue weighted by atomic mass is 16.3. The summed E-state index contributed by atoms with van der Waals surface area (Å²) in [6.07, 6.45) is 6.58. The molecule has 3 heterocycles. The SMILES string of the molecule is Cc1ccoc1C(=O)c1c[nH]c2ccncc12. The number of hydrogen-bond acceptors (Lipinski definition) is 3. The van der Waals surface area contributed by atoms with E-state index in [1.54, 1.807) is 24.7 Å². The molecular weight excluding hydrogens is 216 g/mol. The number of nitrogens with zero attached hydrogens (tertiary/aromatic N) is 1. The van der Waals surface area contributed by atoms with E-state index in [-0.39, 0.29) is 5.78 Å². The minimum Gasteiger partial charge on any atom is -0.461 e. The van der Waals surface area contributed by atoms with E-state index < -0.39 is 0 Å². The lowest BCUT2D eigenvalue weighted by Gasteiger charge is -1.96. The molecule has 0 saturated carbocycles. The number of ketones is 1. The molecule has 4 nitrogen and oxygen atoms in total. The van der Waals surface area contributed by atoms with Gasteiger partial charge in [-0.1, -0.05) is 0 Å². The molecule has 0 saturated heterocycles. The van der Waals surface area contributed by atoms with Crippen LogP contribution in [0.2, 0.25) is 0 Å². The average molecular weight is 226 g/mol. The Hall–Kier alpha value is -2.36. The van der Waals surface area contributed by atoms with Gasteiger partial charge in [0.15, 0.2) is 5.76 Å². The molecule has 0 unspecified atom stereocenters. The van der Waals surface area contributed by atoms with Crippen molar-refractivity contribution in [3.8, 4) is 0 Å². The first-order valence-electron chi connectivity index (χ1n) is 5.27. The number of carbonyl (C=O) groups is 1. The third-order valence-electron chi connectivity index (χ3n) is 2.80. The standard InChI is InChI=1S/C13H10N2O2/c1-8-3-5-17-13(8)12(16)10-7-15-11-2-4-14-6-9(10)11/h2-7,15H,1H3. The van der Waals surface area contributed by atoms with Crippen molar-refractivity contribution in [3.63, 3.8) is 0 Å². The van der Waals surface area contributed by atoms with Gasteiger partial charge in [0.2, 0.25) is 5.78 Å². The van der Waals surface area contributed by atoms with Gasteiger partial charge in [-0.25, -0.2) is 0 Å². The first-order valence-corrected chi connectivity index (χ1v) is 5.27. The van der Waals surface area contributed by atoms with Crippen LogP contribution in [0.25, 0.3) is 10.9 Å². The monoisotopic (exact) mass is 226 g/mol. The Morgan fingerprint density at radius 2 is 2.29 bits per heavy atom. The van der Waals surface area contributed by atoms with Gasteiger partial charge in [0.25, 0.3) is 0 Å². The van der Waals surface area contributed by atoms with E-state index in [2.05, 4.69) is 9.97 Å². The molecule has 0 spiro atoms. The minimum atomic E-state index is -0.119. The first kappa shape index (κ1) is 9.84. The summed E-state index contributed by atoms with van der Waals surface area (Å²) in [5.74, 6) is 0.265. The maximum atomic E-state index is 12.3. The van der Waals surface area contributed by atoms with Crippen molar-refractivity contribution in [3.05, 3.63) is 53.9 Å². The number of pyridine rings is 1.